The molecule has 1 aromatic carbocycles. The maximum atomic E-state index is 12.5. The van der Waals surface area contributed by atoms with Gasteiger partial charge < -0.3 is 5.32 Å². The van der Waals surface area contributed by atoms with Gasteiger partial charge in [0, 0.05) is 24.6 Å². The number of halogens is 1. The Bertz CT molecular complexity index is 713. The topological polar surface area (TPSA) is 49.4 Å². The second-order valence-electron chi connectivity index (χ2n) is 4.70. The van der Waals surface area contributed by atoms with E-state index in [1.165, 1.54) is 15.6 Å². The molecule has 0 bridgehead atoms. The predicted octanol–water partition coefficient (Wildman–Crippen LogP) is 3.05. The van der Waals surface area contributed by atoms with Gasteiger partial charge in [0.1, 0.15) is 4.21 Å². The summed E-state index contributed by atoms with van der Waals surface area (Å²) in [6, 6.07) is 9.38. The third-order valence-electron chi connectivity index (χ3n) is 2.97. The van der Waals surface area contributed by atoms with E-state index in [0.717, 1.165) is 15.6 Å². The van der Waals surface area contributed by atoms with Crippen molar-refractivity contribution < 1.29 is 8.42 Å². The van der Waals surface area contributed by atoms with Crippen LogP contribution in [0, 0.1) is 0 Å². The highest BCUT2D eigenvalue weighted by Crippen LogP contribution is 2.24. The molecule has 1 N–H and O–H groups in total. The lowest BCUT2D eigenvalue weighted by Gasteiger charge is -2.16. The molecule has 4 nitrogen and oxygen atoms in total. The minimum Gasteiger partial charge on any atom is -0.316 e. The number of hydrogen-bond acceptors (Lipinski definition) is 4. The Morgan fingerprint density at radius 1 is 1.29 bits per heavy atom. The molecule has 2 aromatic rings. The van der Waals surface area contributed by atoms with Gasteiger partial charge in [-0.2, -0.15) is 4.31 Å². The SMILES string of the molecule is CNCc1csc(S(=O)(=O)N(C)Cc2cccc(Br)c2)c1. The fraction of sp³-hybridized carbons (Fsp3) is 0.286. The summed E-state index contributed by atoms with van der Waals surface area (Å²) >= 11 is 4.65. The van der Waals surface area contributed by atoms with Crippen LogP contribution >= 0.6 is 27.3 Å². The molecule has 0 aliphatic carbocycles. The van der Waals surface area contributed by atoms with Crippen molar-refractivity contribution in [2.75, 3.05) is 14.1 Å². The number of benzene rings is 1. The molecule has 0 aliphatic heterocycles. The Balaban J connectivity index is 2.17. The van der Waals surface area contributed by atoms with E-state index in [4.69, 9.17) is 0 Å². The third kappa shape index (κ3) is 4.14. The minimum atomic E-state index is -3.44. The van der Waals surface area contributed by atoms with Crippen molar-refractivity contribution in [2.24, 2.45) is 0 Å². The van der Waals surface area contributed by atoms with E-state index in [1.807, 2.05) is 36.7 Å². The molecule has 0 saturated carbocycles. The molecular weight excluding hydrogens is 372 g/mol. The van der Waals surface area contributed by atoms with Crippen LogP contribution in [0.3, 0.4) is 0 Å². The van der Waals surface area contributed by atoms with Gasteiger partial charge in [-0.3, -0.25) is 0 Å². The van der Waals surface area contributed by atoms with Gasteiger partial charge in [-0.05, 0) is 41.8 Å². The Morgan fingerprint density at radius 2 is 2.05 bits per heavy atom. The van der Waals surface area contributed by atoms with Crippen molar-refractivity contribution >= 4 is 37.3 Å². The van der Waals surface area contributed by atoms with Crippen LogP contribution in [0.15, 0.2) is 44.4 Å². The van der Waals surface area contributed by atoms with E-state index in [0.29, 0.717) is 17.3 Å². The summed E-state index contributed by atoms with van der Waals surface area (Å²) in [5.41, 5.74) is 1.93. The highest BCUT2D eigenvalue weighted by atomic mass is 79.9. The smallest absolute Gasteiger partial charge is 0.252 e. The predicted molar refractivity (Wildman–Crippen MR) is 89.9 cm³/mol. The zero-order valence-electron chi connectivity index (χ0n) is 11.8. The maximum Gasteiger partial charge on any atom is 0.252 e. The third-order valence-corrected chi connectivity index (χ3v) is 6.73. The summed E-state index contributed by atoms with van der Waals surface area (Å²) in [4.78, 5) is 0. The average Bonchev–Trinajstić information content (AvgIpc) is 2.88. The molecule has 0 saturated heterocycles. The van der Waals surface area contributed by atoms with Crippen LogP contribution in [0.5, 0.6) is 0 Å². The van der Waals surface area contributed by atoms with Gasteiger partial charge in [0.15, 0.2) is 0 Å². The standard InChI is InChI=1S/C14H17BrN2O2S2/c1-16-8-12-7-14(20-10-12)21(18,19)17(2)9-11-4-3-5-13(15)6-11/h3-7,10,16H,8-9H2,1-2H3. The van der Waals surface area contributed by atoms with Crippen molar-refractivity contribution in [1.29, 1.82) is 0 Å². The Labute approximate surface area is 138 Å². The quantitative estimate of drug-likeness (QED) is 0.826. The van der Waals surface area contributed by atoms with E-state index < -0.39 is 10.0 Å². The van der Waals surface area contributed by atoms with Gasteiger partial charge in [-0.25, -0.2) is 8.42 Å². The fourth-order valence-electron chi connectivity index (χ4n) is 1.92. The van der Waals surface area contributed by atoms with Gasteiger partial charge in [-0.15, -0.1) is 11.3 Å². The first-order valence-corrected chi connectivity index (χ1v) is 9.47. The van der Waals surface area contributed by atoms with Gasteiger partial charge >= 0.3 is 0 Å². The largest absolute Gasteiger partial charge is 0.316 e. The van der Waals surface area contributed by atoms with Crippen LogP contribution in [0.4, 0.5) is 0 Å². The molecule has 0 amide bonds. The zero-order chi connectivity index (χ0) is 15.5. The number of sulfonamides is 1. The summed E-state index contributed by atoms with van der Waals surface area (Å²) in [6.45, 7) is 1.02. The molecule has 0 unspecified atom stereocenters. The Morgan fingerprint density at radius 3 is 2.71 bits per heavy atom. The molecule has 0 aliphatic rings. The average molecular weight is 389 g/mol. The second-order valence-corrected chi connectivity index (χ2v) is 8.79. The van der Waals surface area contributed by atoms with E-state index in [9.17, 15) is 8.42 Å². The fourth-order valence-corrected chi connectivity index (χ4v) is 4.94. The van der Waals surface area contributed by atoms with Gasteiger partial charge in [0.05, 0.1) is 0 Å². The molecule has 0 atom stereocenters. The molecule has 1 heterocycles. The highest BCUT2D eigenvalue weighted by molar-refractivity contribution is 9.10. The van der Waals surface area contributed by atoms with Crippen LogP contribution in [0.25, 0.3) is 0 Å². The van der Waals surface area contributed by atoms with Crippen LogP contribution < -0.4 is 5.32 Å². The van der Waals surface area contributed by atoms with Crippen molar-refractivity contribution in [3.8, 4) is 0 Å². The molecule has 0 fully saturated rings. The first-order valence-electron chi connectivity index (χ1n) is 6.36. The number of nitrogens with zero attached hydrogens (tertiary/aromatic N) is 1. The van der Waals surface area contributed by atoms with Crippen LogP contribution in [0.1, 0.15) is 11.1 Å². The van der Waals surface area contributed by atoms with Crippen LogP contribution in [-0.4, -0.2) is 26.8 Å². The number of hydrogen-bond donors (Lipinski definition) is 1. The summed E-state index contributed by atoms with van der Waals surface area (Å²) in [6.07, 6.45) is 0. The minimum absolute atomic E-state index is 0.348. The molecule has 114 valence electrons. The van der Waals surface area contributed by atoms with Crippen LogP contribution in [0.2, 0.25) is 0 Å². The molecule has 1 aromatic heterocycles. The zero-order valence-corrected chi connectivity index (χ0v) is 15.1. The van der Waals surface area contributed by atoms with Crippen molar-refractivity contribution in [2.45, 2.75) is 17.3 Å². The van der Waals surface area contributed by atoms with Crippen molar-refractivity contribution in [3.05, 3.63) is 51.3 Å². The Kier molecular flexibility index (Phi) is 5.56. The number of nitrogens with one attached hydrogen (secondary N) is 1. The Hall–Kier alpha value is -0.730. The van der Waals surface area contributed by atoms with E-state index in [2.05, 4.69) is 21.2 Å². The van der Waals surface area contributed by atoms with Gasteiger partial charge in [0.2, 0.25) is 0 Å². The summed E-state index contributed by atoms with van der Waals surface area (Å²) in [5, 5.41) is 4.89. The first-order chi connectivity index (χ1) is 9.93. The maximum absolute atomic E-state index is 12.5. The summed E-state index contributed by atoms with van der Waals surface area (Å²) < 4.78 is 27.8. The summed E-state index contributed by atoms with van der Waals surface area (Å²) in [7, 11) is 0.00464. The van der Waals surface area contributed by atoms with E-state index in [-0.39, 0.29) is 0 Å². The monoisotopic (exact) mass is 388 g/mol. The van der Waals surface area contributed by atoms with Gasteiger partial charge in [-0.1, -0.05) is 28.1 Å². The van der Waals surface area contributed by atoms with Crippen LogP contribution in [-0.2, 0) is 23.1 Å². The molecule has 21 heavy (non-hydrogen) atoms. The summed E-state index contributed by atoms with van der Waals surface area (Å²) in [5.74, 6) is 0. The second kappa shape index (κ2) is 7.02. The molecule has 7 heteroatoms. The first kappa shape index (κ1) is 16.6. The normalized spacial score (nSPS) is 12.0. The van der Waals surface area contributed by atoms with Crippen molar-refractivity contribution in [3.63, 3.8) is 0 Å². The van der Waals surface area contributed by atoms with E-state index >= 15 is 0 Å². The number of rotatable bonds is 6. The lowest BCUT2D eigenvalue weighted by molar-refractivity contribution is 0.468. The number of thiophene rings is 1. The van der Waals surface area contributed by atoms with Gasteiger partial charge in [0.25, 0.3) is 10.0 Å². The lowest BCUT2D eigenvalue weighted by Crippen LogP contribution is -2.25. The highest BCUT2D eigenvalue weighted by Gasteiger charge is 2.22. The molecule has 2 rings (SSSR count). The molecule has 0 radical (unpaired) electrons. The molecular formula is C14H17BrN2O2S2. The van der Waals surface area contributed by atoms with Crippen molar-refractivity contribution in [1.82, 2.24) is 9.62 Å². The molecule has 0 spiro atoms. The van der Waals surface area contributed by atoms with E-state index in [1.54, 1.807) is 13.1 Å². The lowest BCUT2D eigenvalue weighted by atomic mass is 10.2.